The number of alkyl halides is 1. The lowest BCUT2D eigenvalue weighted by Gasteiger charge is -2.12. The Morgan fingerprint density at radius 3 is 2.93 bits per heavy atom. The van der Waals surface area contributed by atoms with Gasteiger partial charge in [0.1, 0.15) is 0 Å². The zero-order chi connectivity index (χ0) is 10.6. The lowest BCUT2D eigenvalue weighted by atomic mass is 10.2. The molecule has 0 radical (unpaired) electrons. The van der Waals surface area contributed by atoms with Gasteiger partial charge in [-0.3, -0.25) is 4.79 Å². The summed E-state index contributed by atoms with van der Waals surface area (Å²) in [5.41, 5.74) is 0.686. The summed E-state index contributed by atoms with van der Waals surface area (Å²) in [6.45, 7) is 2.00. The van der Waals surface area contributed by atoms with E-state index in [9.17, 15) is 4.79 Å². The molecule has 0 spiro atoms. The van der Waals surface area contributed by atoms with Gasteiger partial charge in [0, 0.05) is 17.3 Å². The largest absolute Gasteiger partial charge is 0.348 e. The van der Waals surface area contributed by atoms with Crippen molar-refractivity contribution in [2.24, 2.45) is 0 Å². The quantitative estimate of drug-likeness (QED) is 0.849. The van der Waals surface area contributed by atoms with E-state index in [-0.39, 0.29) is 11.9 Å². The number of hydrogen-bond acceptors (Lipinski definition) is 2. The van der Waals surface area contributed by atoms with Crippen LogP contribution in [0.1, 0.15) is 23.7 Å². The molecule has 0 aliphatic rings. The summed E-state index contributed by atoms with van der Waals surface area (Å²) in [5, 5.41) is 4.68. The number of amides is 1. The van der Waals surface area contributed by atoms with Crippen molar-refractivity contribution in [3.63, 3.8) is 0 Å². The summed E-state index contributed by atoms with van der Waals surface area (Å²) < 4.78 is 0.960. The summed E-state index contributed by atoms with van der Waals surface area (Å²) >= 11 is 10.5. The summed E-state index contributed by atoms with van der Waals surface area (Å²) in [6, 6.07) is 1.86. The normalized spacial score (nSPS) is 12.5. The molecule has 1 amide bonds. The maximum absolute atomic E-state index is 11.6. The van der Waals surface area contributed by atoms with Gasteiger partial charge in [0.2, 0.25) is 0 Å². The van der Waals surface area contributed by atoms with Crippen LogP contribution in [0.2, 0.25) is 0 Å². The first-order chi connectivity index (χ1) is 6.67. The van der Waals surface area contributed by atoms with E-state index in [4.69, 9.17) is 11.6 Å². The minimum absolute atomic E-state index is 0.0561. The fraction of sp³-hybridized carbons (Fsp3) is 0.444. The highest BCUT2D eigenvalue weighted by Crippen LogP contribution is 2.20. The van der Waals surface area contributed by atoms with Gasteiger partial charge in [-0.2, -0.15) is 0 Å². The Labute approximate surface area is 101 Å². The van der Waals surface area contributed by atoms with E-state index in [1.54, 1.807) is 6.07 Å². The fourth-order valence-electron chi connectivity index (χ4n) is 0.948. The lowest BCUT2D eigenvalue weighted by molar-refractivity contribution is 0.0940. The molecular formula is C9H11BrClNOS. The minimum atomic E-state index is -0.0561. The van der Waals surface area contributed by atoms with Gasteiger partial charge in [0.15, 0.2) is 0 Å². The Hall–Kier alpha value is -0.0600. The van der Waals surface area contributed by atoms with Gasteiger partial charge in [-0.05, 0) is 28.4 Å². The maximum atomic E-state index is 11.6. The second-order valence-corrected chi connectivity index (χ2v) is 5.47. The predicted molar refractivity (Wildman–Crippen MR) is 64.3 cm³/mol. The van der Waals surface area contributed by atoms with Gasteiger partial charge in [0.25, 0.3) is 5.91 Å². The number of halogens is 2. The average Bonchev–Trinajstić information content (AvgIpc) is 2.61. The van der Waals surface area contributed by atoms with E-state index in [1.165, 1.54) is 11.3 Å². The molecule has 1 unspecified atom stereocenters. The van der Waals surface area contributed by atoms with Crippen molar-refractivity contribution in [1.29, 1.82) is 0 Å². The van der Waals surface area contributed by atoms with Crippen LogP contribution >= 0.6 is 38.9 Å². The van der Waals surface area contributed by atoms with E-state index >= 15 is 0 Å². The van der Waals surface area contributed by atoms with Gasteiger partial charge in [-0.1, -0.05) is 6.92 Å². The molecule has 0 fully saturated rings. The van der Waals surface area contributed by atoms with Gasteiger partial charge in [-0.15, -0.1) is 22.9 Å². The summed E-state index contributed by atoms with van der Waals surface area (Å²) in [4.78, 5) is 11.6. The van der Waals surface area contributed by atoms with E-state index in [2.05, 4.69) is 21.2 Å². The highest BCUT2D eigenvalue weighted by molar-refractivity contribution is 9.11. The summed E-state index contributed by atoms with van der Waals surface area (Å²) in [7, 11) is 0. The van der Waals surface area contributed by atoms with Gasteiger partial charge < -0.3 is 5.32 Å². The monoisotopic (exact) mass is 295 g/mol. The SMILES string of the molecule is CCC(CCl)NC(=O)c1csc(Br)c1. The van der Waals surface area contributed by atoms with Crippen LogP contribution in [0.5, 0.6) is 0 Å². The van der Waals surface area contributed by atoms with Crippen LogP contribution < -0.4 is 5.32 Å². The van der Waals surface area contributed by atoms with Gasteiger partial charge >= 0.3 is 0 Å². The van der Waals surface area contributed by atoms with Crippen LogP contribution in [0, 0.1) is 0 Å². The molecule has 1 N–H and O–H groups in total. The molecule has 1 atom stereocenters. The van der Waals surface area contributed by atoms with Crippen molar-refractivity contribution < 1.29 is 4.79 Å². The number of rotatable bonds is 4. The number of carbonyl (C=O) groups excluding carboxylic acids is 1. The number of thiophene rings is 1. The number of carbonyl (C=O) groups is 1. The van der Waals surface area contributed by atoms with Crippen LogP contribution in [0.15, 0.2) is 15.2 Å². The van der Waals surface area contributed by atoms with Crippen molar-refractivity contribution in [2.45, 2.75) is 19.4 Å². The average molecular weight is 297 g/mol. The molecule has 78 valence electrons. The van der Waals surface area contributed by atoms with E-state index in [1.807, 2.05) is 12.3 Å². The van der Waals surface area contributed by atoms with Crippen LogP contribution in [0.25, 0.3) is 0 Å². The third kappa shape index (κ3) is 3.26. The maximum Gasteiger partial charge on any atom is 0.252 e. The van der Waals surface area contributed by atoms with Crippen molar-refractivity contribution in [3.8, 4) is 0 Å². The number of nitrogens with one attached hydrogen (secondary N) is 1. The summed E-state index contributed by atoms with van der Waals surface area (Å²) in [5.74, 6) is 0.396. The molecule has 1 aromatic rings. The molecule has 0 bridgehead atoms. The standard InChI is InChI=1S/C9H11BrClNOS/c1-2-7(4-11)12-9(13)6-3-8(10)14-5-6/h3,5,7H,2,4H2,1H3,(H,12,13). The first kappa shape index (κ1) is 12.0. The Morgan fingerprint density at radius 2 is 2.50 bits per heavy atom. The highest BCUT2D eigenvalue weighted by Gasteiger charge is 2.12. The van der Waals surface area contributed by atoms with E-state index in [0.29, 0.717) is 11.4 Å². The van der Waals surface area contributed by atoms with Crippen molar-refractivity contribution in [2.75, 3.05) is 5.88 Å². The molecule has 2 nitrogen and oxygen atoms in total. The van der Waals surface area contributed by atoms with Crippen molar-refractivity contribution in [1.82, 2.24) is 5.32 Å². The molecule has 1 aromatic heterocycles. The topological polar surface area (TPSA) is 29.1 Å². The molecule has 0 aromatic carbocycles. The van der Waals surface area contributed by atoms with Gasteiger partial charge in [-0.25, -0.2) is 0 Å². The van der Waals surface area contributed by atoms with Gasteiger partial charge in [0.05, 0.1) is 9.35 Å². The zero-order valence-electron chi connectivity index (χ0n) is 7.72. The van der Waals surface area contributed by atoms with E-state index in [0.717, 1.165) is 10.2 Å². The Morgan fingerprint density at radius 1 is 1.79 bits per heavy atom. The summed E-state index contributed by atoms with van der Waals surface area (Å²) in [6.07, 6.45) is 0.848. The fourth-order valence-corrected chi connectivity index (χ4v) is 2.38. The molecule has 1 rings (SSSR count). The molecule has 0 aliphatic carbocycles. The minimum Gasteiger partial charge on any atom is -0.348 e. The highest BCUT2D eigenvalue weighted by atomic mass is 79.9. The Kier molecular flexibility index (Phi) is 4.92. The molecule has 5 heteroatoms. The molecular weight excluding hydrogens is 286 g/mol. The molecule has 14 heavy (non-hydrogen) atoms. The number of hydrogen-bond donors (Lipinski definition) is 1. The predicted octanol–water partition coefficient (Wildman–Crippen LogP) is 3.26. The zero-order valence-corrected chi connectivity index (χ0v) is 10.9. The van der Waals surface area contributed by atoms with Crippen molar-refractivity contribution in [3.05, 3.63) is 20.8 Å². The molecule has 1 heterocycles. The molecule has 0 saturated heterocycles. The molecule has 0 saturated carbocycles. The third-order valence-electron chi connectivity index (χ3n) is 1.84. The third-order valence-corrected chi connectivity index (χ3v) is 3.72. The lowest BCUT2D eigenvalue weighted by Crippen LogP contribution is -2.35. The second kappa shape index (κ2) is 5.73. The van der Waals surface area contributed by atoms with Crippen LogP contribution in [-0.2, 0) is 0 Å². The second-order valence-electron chi connectivity index (χ2n) is 2.87. The van der Waals surface area contributed by atoms with Crippen LogP contribution in [-0.4, -0.2) is 17.8 Å². The van der Waals surface area contributed by atoms with E-state index < -0.39 is 0 Å². The smallest absolute Gasteiger partial charge is 0.252 e. The van der Waals surface area contributed by atoms with Crippen molar-refractivity contribution >= 4 is 44.8 Å². The first-order valence-electron chi connectivity index (χ1n) is 4.28. The van der Waals surface area contributed by atoms with Crippen LogP contribution in [0.4, 0.5) is 0 Å². The van der Waals surface area contributed by atoms with Crippen LogP contribution in [0.3, 0.4) is 0 Å². The first-order valence-corrected chi connectivity index (χ1v) is 6.49. The molecule has 0 aliphatic heterocycles. The Bertz CT molecular complexity index is 312. The Balaban J connectivity index is 2.58.